The van der Waals surface area contributed by atoms with Crippen molar-refractivity contribution in [2.45, 2.75) is 59.3 Å². The molecule has 0 unspecified atom stereocenters. The van der Waals surface area contributed by atoms with Crippen molar-refractivity contribution in [3.63, 3.8) is 0 Å². The second kappa shape index (κ2) is 9.76. The lowest BCUT2D eigenvalue weighted by Gasteiger charge is -2.25. The molecular formula is C25H29NO6S2. The Labute approximate surface area is 206 Å². The average molecular weight is 504 g/mol. The maximum Gasteiger partial charge on any atom is 0.348 e. The number of carbonyl (C=O) groups is 3. The highest BCUT2D eigenvalue weighted by molar-refractivity contribution is 7.17. The summed E-state index contributed by atoms with van der Waals surface area (Å²) in [5.74, 6) is -1.18. The molecule has 3 aromatic rings. The molecule has 0 radical (unpaired) electrons. The Kier molecular flexibility index (Phi) is 7.38. The van der Waals surface area contributed by atoms with E-state index >= 15 is 0 Å². The lowest BCUT2D eigenvalue weighted by molar-refractivity contribution is -0.155. The summed E-state index contributed by atoms with van der Waals surface area (Å²) in [5, 5.41) is 13.9. The van der Waals surface area contributed by atoms with E-state index in [9.17, 15) is 19.5 Å². The molecule has 0 saturated heterocycles. The largest absolute Gasteiger partial charge is 0.508 e. The average Bonchev–Trinajstić information content (AvgIpc) is 3.30. The van der Waals surface area contributed by atoms with Crippen molar-refractivity contribution in [2.24, 2.45) is 0 Å². The van der Waals surface area contributed by atoms with E-state index in [-0.39, 0.29) is 24.7 Å². The first kappa shape index (κ1) is 25.7. The molecular weight excluding hydrogens is 474 g/mol. The van der Waals surface area contributed by atoms with Crippen LogP contribution in [0.4, 0.5) is 0 Å². The monoisotopic (exact) mass is 503 g/mol. The van der Waals surface area contributed by atoms with Crippen LogP contribution in [0.1, 0.15) is 67.1 Å². The van der Waals surface area contributed by atoms with Crippen LogP contribution in [0, 0.1) is 0 Å². The highest BCUT2D eigenvalue weighted by atomic mass is 32.1. The normalized spacial score (nSPS) is 11.9. The van der Waals surface area contributed by atoms with Crippen LogP contribution in [-0.4, -0.2) is 45.6 Å². The van der Waals surface area contributed by atoms with Gasteiger partial charge >= 0.3 is 11.9 Å². The summed E-state index contributed by atoms with van der Waals surface area (Å²) < 4.78 is 11.6. The van der Waals surface area contributed by atoms with Crippen LogP contribution < -0.4 is 0 Å². The fraction of sp³-hybridized carbons (Fsp3) is 0.400. The van der Waals surface area contributed by atoms with Crippen LogP contribution in [0.25, 0.3) is 10.1 Å². The summed E-state index contributed by atoms with van der Waals surface area (Å²) in [6.07, 6.45) is 0. The maximum atomic E-state index is 13.5. The summed E-state index contributed by atoms with van der Waals surface area (Å²) in [5.41, 5.74) is -0.162. The van der Waals surface area contributed by atoms with E-state index in [4.69, 9.17) is 9.47 Å². The summed E-state index contributed by atoms with van der Waals surface area (Å²) in [4.78, 5) is 40.3. The van der Waals surface area contributed by atoms with Crippen molar-refractivity contribution < 1.29 is 29.0 Å². The van der Waals surface area contributed by atoms with Gasteiger partial charge in [-0.2, -0.15) is 0 Å². The highest BCUT2D eigenvalue weighted by Gasteiger charge is 2.26. The van der Waals surface area contributed by atoms with Crippen LogP contribution in [0.15, 0.2) is 35.0 Å². The summed E-state index contributed by atoms with van der Waals surface area (Å²) in [6.45, 7) is 10.6. The Morgan fingerprint density at radius 2 is 1.62 bits per heavy atom. The smallest absolute Gasteiger partial charge is 0.348 e. The number of esters is 2. The number of phenolic OH excluding ortho intramolecular Hbond substituents is 1. The van der Waals surface area contributed by atoms with Crippen molar-refractivity contribution in [2.75, 3.05) is 6.54 Å². The molecule has 9 heteroatoms. The van der Waals surface area contributed by atoms with Gasteiger partial charge in [0.2, 0.25) is 0 Å². The molecule has 182 valence electrons. The standard InChI is InChI=1S/C25H29NO6S2/c1-24(2,3)31-21(28)12-26(11-15-9-20(33-13-15)23(30)32-25(4,5)6)22(29)18-14-34-19-10-16(27)7-8-17(18)19/h7-10,13-14,27H,11-12H2,1-6H3. The minimum atomic E-state index is -0.690. The predicted octanol–water partition coefficient (Wildman–Crippen LogP) is 5.61. The quantitative estimate of drug-likeness (QED) is 0.440. The number of ether oxygens (including phenoxy) is 2. The molecule has 2 heterocycles. The van der Waals surface area contributed by atoms with Gasteiger partial charge in [0.15, 0.2) is 0 Å². The predicted molar refractivity (Wildman–Crippen MR) is 134 cm³/mol. The van der Waals surface area contributed by atoms with Crippen LogP contribution >= 0.6 is 22.7 Å². The van der Waals surface area contributed by atoms with Crippen molar-refractivity contribution in [1.29, 1.82) is 0 Å². The Morgan fingerprint density at radius 3 is 2.26 bits per heavy atom. The number of thiophene rings is 2. The van der Waals surface area contributed by atoms with Crippen LogP contribution in [0.5, 0.6) is 5.75 Å². The van der Waals surface area contributed by atoms with Gasteiger partial charge in [-0.25, -0.2) is 4.79 Å². The van der Waals surface area contributed by atoms with Gasteiger partial charge in [0.25, 0.3) is 5.91 Å². The van der Waals surface area contributed by atoms with Gasteiger partial charge in [0.1, 0.15) is 28.4 Å². The number of benzene rings is 1. The molecule has 0 saturated carbocycles. The van der Waals surface area contributed by atoms with Crippen molar-refractivity contribution in [1.82, 2.24) is 4.90 Å². The summed E-state index contributed by atoms with van der Waals surface area (Å²) in [7, 11) is 0. The molecule has 1 amide bonds. The van der Waals surface area contributed by atoms with Gasteiger partial charge in [-0.05, 0) is 76.8 Å². The first-order chi connectivity index (χ1) is 15.7. The fourth-order valence-corrected chi connectivity index (χ4v) is 4.94. The molecule has 1 aromatic carbocycles. The second-order valence-corrected chi connectivity index (χ2v) is 11.7. The van der Waals surface area contributed by atoms with E-state index in [0.717, 1.165) is 4.70 Å². The molecule has 0 fully saturated rings. The maximum absolute atomic E-state index is 13.5. The van der Waals surface area contributed by atoms with Gasteiger partial charge in [-0.1, -0.05) is 0 Å². The van der Waals surface area contributed by atoms with Gasteiger partial charge in [0.05, 0.1) is 5.56 Å². The summed E-state index contributed by atoms with van der Waals surface area (Å²) in [6, 6.07) is 6.49. The van der Waals surface area contributed by atoms with Crippen LogP contribution in [0.2, 0.25) is 0 Å². The number of carbonyl (C=O) groups excluding carboxylic acids is 3. The minimum Gasteiger partial charge on any atom is -0.508 e. The Bertz CT molecular complexity index is 1210. The van der Waals surface area contributed by atoms with Gasteiger partial charge in [-0.3, -0.25) is 9.59 Å². The summed E-state index contributed by atoms with van der Waals surface area (Å²) >= 11 is 2.57. The Morgan fingerprint density at radius 1 is 0.941 bits per heavy atom. The van der Waals surface area contributed by atoms with Gasteiger partial charge < -0.3 is 19.5 Å². The zero-order valence-electron chi connectivity index (χ0n) is 20.1. The second-order valence-electron chi connectivity index (χ2n) is 9.90. The van der Waals surface area contributed by atoms with Crippen molar-refractivity contribution in [3.8, 4) is 5.75 Å². The highest BCUT2D eigenvalue weighted by Crippen LogP contribution is 2.30. The molecule has 0 aliphatic rings. The number of nitrogens with zero attached hydrogens (tertiary/aromatic N) is 1. The molecule has 34 heavy (non-hydrogen) atoms. The molecule has 7 nitrogen and oxygen atoms in total. The number of aromatic hydroxyl groups is 1. The van der Waals surface area contributed by atoms with E-state index in [1.54, 1.807) is 70.5 Å². The van der Waals surface area contributed by atoms with E-state index in [1.165, 1.54) is 33.6 Å². The number of phenols is 1. The van der Waals surface area contributed by atoms with Gasteiger partial charge in [0, 0.05) is 22.0 Å². The zero-order valence-corrected chi connectivity index (χ0v) is 21.8. The van der Waals surface area contributed by atoms with Gasteiger partial charge in [-0.15, -0.1) is 22.7 Å². The number of rotatable bonds is 6. The third-order valence-electron chi connectivity index (χ3n) is 4.44. The first-order valence-corrected chi connectivity index (χ1v) is 12.5. The third-order valence-corrected chi connectivity index (χ3v) is 6.35. The first-order valence-electron chi connectivity index (χ1n) is 10.7. The molecule has 3 rings (SSSR count). The SMILES string of the molecule is CC(C)(C)OC(=O)CN(Cc1csc(C(=O)OC(C)(C)C)c1)C(=O)c1csc2cc(O)ccc12. The Hall–Kier alpha value is -2.91. The van der Waals surface area contributed by atoms with E-state index in [1.807, 2.05) is 0 Å². The molecule has 2 aromatic heterocycles. The minimum absolute atomic E-state index is 0.118. The van der Waals surface area contributed by atoms with Crippen molar-refractivity contribution >= 4 is 50.6 Å². The van der Waals surface area contributed by atoms with E-state index in [0.29, 0.717) is 21.4 Å². The molecule has 0 aliphatic heterocycles. The number of fused-ring (bicyclic) bond motifs is 1. The number of hydrogen-bond acceptors (Lipinski definition) is 8. The lowest BCUT2D eigenvalue weighted by atomic mass is 10.1. The van der Waals surface area contributed by atoms with Crippen LogP contribution in [-0.2, 0) is 20.8 Å². The molecule has 1 N–H and O–H groups in total. The fourth-order valence-electron chi connectivity index (χ4n) is 3.20. The molecule has 0 spiro atoms. The zero-order chi connectivity index (χ0) is 25.3. The van der Waals surface area contributed by atoms with Crippen LogP contribution in [0.3, 0.4) is 0 Å². The third kappa shape index (κ3) is 6.80. The molecule has 0 bridgehead atoms. The number of amides is 1. The van der Waals surface area contributed by atoms with E-state index < -0.39 is 23.1 Å². The Balaban J connectivity index is 1.87. The van der Waals surface area contributed by atoms with E-state index in [2.05, 4.69) is 0 Å². The molecule has 0 aliphatic carbocycles. The molecule has 0 atom stereocenters. The van der Waals surface area contributed by atoms with Crippen molar-refractivity contribution in [3.05, 3.63) is 51.0 Å². The topological polar surface area (TPSA) is 93.1 Å². The lowest BCUT2D eigenvalue weighted by Crippen LogP contribution is -2.38. The number of hydrogen-bond donors (Lipinski definition) is 1.